The summed E-state index contributed by atoms with van der Waals surface area (Å²) in [6, 6.07) is 0. The Morgan fingerprint density at radius 2 is 0.781 bits per heavy atom. The summed E-state index contributed by atoms with van der Waals surface area (Å²) in [5.41, 5.74) is 0.537. The van der Waals surface area contributed by atoms with Crippen molar-refractivity contribution >= 4 is 0 Å². The highest BCUT2D eigenvalue weighted by Gasteiger charge is 2.50. The summed E-state index contributed by atoms with van der Waals surface area (Å²) in [6.45, 7) is 12.3. The summed E-state index contributed by atoms with van der Waals surface area (Å²) in [7, 11) is 0. The average molecular weight is 447 g/mol. The van der Waals surface area contributed by atoms with Gasteiger partial charge in [0.25, 0.3) is 0 Å². The summed E-state index contributed by atoms with van der Waals surface area (Å²) in [5.74, 6) is 5.33. The standard InChI is InChI=1S/C31H58O/c1-23-19-28(20-24(2)27(23)5)31(29-21-25(3)30(32)26(4)22-29)17-15-13-11-9-7-6-8-10-12-14-16-18-31/h23-30,32H,6-22H2,1-5H3. The van der Waals surface area contributed by atoms with Crippen LogP contribution in [-0.4, -0.2) is 11.2 Å². The third-order valence-electron chi connectivity index (χ3n) is 11.0. The largest absolute Gasteiger partial charge is 0.393 e. The molecule has 1 nitrogen and oxygen atoms in total. The number of hydrogen-bond donors (Lipinski definition) is 1. The van der Waals surface area contributed by atoms with Crippen LogP contribution in [0, 0.1) is 46.8 Å². The Kier molecular flexibility index (Phi) is 10.5. The molecule has 0 aliphatic heterocycles. The highest BCUT2D eigenvalue weighted by molar-refractivity contribution is 4.99. The van der Waals surface area contributed by atoms with Gasteiger partial charge in [-0.3, -0.25) is 0 Å². The van der Waals surface area contributed by atoms with Crippen molar-refractivity contribution in [2.75, 3.05) is 0 Å². The molecule has 4 unspecified atom stereocenters. The first kappa shape index (κ1) is 26.6. The topological polar surface area (TPSA) is 20.2 Å². The number of aliphatic hydroxyl groups excluding tert-OH is 1. The minimum Gasteiger partial charge on any atom is -0.393 e. The molecule has 3 aliphatic rings. The van der Waals surface area contributed by atoms with Crippen LogP contribution in [0.5, 0.6) is 0 Å². The Bertz CT molecular complexity index is 457. The molecule has 3 rings (SSSR count). The second-order valence-corrected chi connectivity index (χ2v) is 13.2. The normalized spacial score (nSPS) is 43.3. The van der Waals surface area contributed by atoms with Gasteiger partial charge in [0.15, 0.2) is 0 Å². The van der Waals surface area contributed by atoms with Gasteiger partial charge in [0, 0.05) is 0 Å². The van der Waals surface area contributed by atoms with Crippen LogP contribution in [0.4, 0.5) is 0 Å². The van der Waals surface area contributed by atoms with Crippen molar-refractivity contribution in [2.45, 2.75) is 150 Å². The van der Waals surface area contributed by atoms with Crippen LogP contribution in [0.15, 0.2) is 0 Å². The van der Waals surface area contributed by atoms with Crippen molar-refractivity contribution in [3.63, 3.8) is 0 Å². The molecule has 188 valence electrons. The third-order valence-corrected chi connectivity index (χ3v) is 11.0. The van der Waals surface area contributed by atoms with E-state index < -0.39 is 0 Å². The van der Waals surface area contributed by atoms with Crippen LogP contribution in [0.3, 0.4) is 0 Å². The quantitative estimate of drug-likeness (QED) is 0.448. The summed E-state index contributed by atoms with van der Waals surface area (Å²) in [4.78, 5) is 0. The van der Waals surface area contributed by atoms with E-state index in [-0.39, 0.29) is 6.10 Å². The van der Waals surface area contributed by atoms with E-state index in [1.165, 1.54) is 109 Å². The van der Waals surface area contributed by atoms with Gasteiger partial charge < -0.3 is 5.11 Å². The molecule has 1 N–H and O–H groups in total. The van der Waals surface area contributed by atoms with E-state index in [4.69, 9.17) is 0 Å². The molecule has 0 heterocycles. The summed E-state index contributed by atoms with van der Waals surface area (Å²) < 4.78 is 0. The second-order valence-electron chi connectivity index (χ2n) is 13.2. The Morgan fingerprint density at radius 1 is 0.469 bits per heavy atom. The van der Waals surface area contributed by atoms with E-state index in [1.54, 1.807) is 0 Å². The smallest absolute Gasteiger partial charge is 0.0591 e. The highest BCUT2D eigenvalue weighted by atomic mass is 16.3. The fourth-order valence-corrected chi connectivity index (χ4v) is 8.53. The molecule has 32 heavy (non-hydrogen) atoms. The molecule has 3 fully saturated rings. The minimum atomic E-state index is -0.0777. The zero-order valence-corrected chi connectivity index (χ0v) is 22.6. The van der Waals surface area contributed by atoms with Crippen LogP contribution in [0.1, 0.15) is 144 Å². The van der Waals surface area contributed by atoms with Crippen molar-refractivity contribution < 1.29 is 5.11 Å². The van der Waals surface area contributed by atoms with Gasteiger partial charge in [0.1, 0.15) is 0 Å². The first-order valence-electron chi connectivity index (χ1n) is 15.0. The van der Waals surface area contributed by atoms with Crippen LogP contribution in [0.25, 0.3) is 0 Å². The van der Waals surface area contributed by atoms with Gasteiger partial charge >= 0.3 is 0 Å². The van der Waals surface area contributed by atoms with Crippen LogP contribution >= 0.6 is 0 Å². The van der Waals surface area contributed by atoms with Crippen molar-refractivity contribution in [1.29, 1.82) is 0 Å². The predicted molar refractivity (Wildman–Crippen MR) is 140 cm³/mol. The third kappa shape index (κ3) is 6.55. The van der Waals surface area contributed by atoms with Gasteiger partial charge in [-0.1, -0.05) is 105 Å². The van der Waals surface area contributed by atoms with E-state index in [0.29, 0.717) is 17.3 Å². The minimum absolute atomic E-state index is 0.0777. The van der Waals surface area contributed by atoms with Gasteiger partial charge in [0.05, 0.1) is 6.10 Å². The van der Waals surface area contributed by atoms with Gasteiger partial charge in [-0.2, -0.15) is 0 Å². The molecule has 0 amide bonds. The van der Waals surface area contributed by atoms with Crippen molar-refractivity contribution in [1.82, 2.24) is 0 Å². The molecule has 1 heteroatoms. The molecule has 3 aliphatic carbocycles. The molecule has 4 atom stereocenters. The molecule has 3 saturated carbocycles. The van der Waals surface area contributed by atoms with Gasteiger partial charge in [-0.25, -0.2) is 0 Å². The lowest BCUT2D eigenvalue weighted by atomic mass is 9.50. The van der Waals surface area contributed by atoms with Crippen molar-refractivity contribution in [3.05, 3.63) is 0 Å². The Balaban J connectivity index is 1.86. The number of rotatable bonds is 2. The zero-order chi connectivity index (χ0) is 23.1. The lowest BCUT2D eigenvalue weighted by Crippen LogP contribution is -2.48. The summed E-state index contributed by atoms with van der Waals surface area (Å²) in [6.07, 6.45) is 24.4. The fourth-order valence-electron chi connectivity index (χ4n) is 8.53. The highest BCUT2D eigenvalue weighted by Crippen LogP contribution is 2.58. The lowest BCUT2D eigenvalue weighted by molar-refractivity contribution is -0.0780. The first-order chi connectivity index (χ1) is 15.3. The van der Waals surface area contributed by atoms with Crippen LogP contribution < -0.4 is 0 Å². The van der Waals surface area contributed by atoms with Crippen LogP contribution in [-0.2, 0) is 0 Å². The number of hydrogen-bond acceptors (Lipinski definition) is 1. The molecular formula is C31H58O. The molecule has 0 saturated heterocycles. The van der Waals surface area contributed by atoms with E-state index in [2.05, 4.69) is 34.6 Å². The Morgan fingerprint density at radius 3 is 1.16 bits per heavy atom. The van der Waals surface area contributed by atoms with E-state index in [9.17, 15) is 5.11 Å². The molecule has 0 radical (unpaired) electrons. The molecule has 0 aromatic carbocycles. The zero-order valence-electron chi connectivity index (χ0n) is 22.6. The van der Waals surface area contributed by atoms with Gasteiger partial charge in [0.2, 0.25) is 0 Å². The lowest BCUT2D eigenvalue weighted by Gasteiger charge is -2.55. The molecular weight excluding hydrogens is 388 g/mol. The summed E-state index contributed by atoms with van der Waals surface area (Å²) >= 11 is 0. The van der Waals surface area contributed by atoms with E-state index >= 15 is 0 Å². The maximum absolute atomic E-state index is 10.8. The molecule has 0 aromatic rings. The van der Waals surface area contributed by atoms with E-state index in [1.807, 2.05) is 0 Å². The molecule has 0 spiro atoms. The van der Waals surface area contributed by atoms with Gasteiger partial charge in [-0.15, -0.1) is 0 Å². The monoisotopic (exact) mass is 446 g/mol. The maximum atomic E-state index is 10.8. The Labute approximate surface area is 201 Å². The second kappa shape index (κ2) is 12.6. The first-order valence-corrected chi connectivity index (χ1v) is 15.0. The SMILES string of the molecule is CC1CC(C2(C3CC(C)C(O)C(C)C3)CCCCCCCCCCCCC2)CC(C)C1C. The molecule has 0 aromatic heterocycles. The van der Waals surface area contributed by atoms with Crippen LogP contribution in [0.2, 0.25) is 0 Å². The maximum Gasteiger partial charge on any atom is 0.0591 e. The number of aliphatic hydroxyl groups is 1. The average Bonchev–Trinajstić information content (AvgIpc) is 2.76. The van der Waals surface area contributed by atoms with Crippen molar-refractivity contribution in [2.24, 2.45) is 46.8 Å². The summed E-state index contributed by atoms with van der Waals surface area (Å²) in [5, 5.41) is 10.8. The predicted octanol–water partition coefficient (Wildman–Crippen LogP) is 9.42. The van der Waals surface area contributed by atoms with Gasteiger partial charge in [-0.05, 0) is 85.4 Å². The van der Waals surface area contributed by atoms with Crippen molar-refractivity contribution in [3.8, 4) is 0 Å². The fraction of sp³-hybridized carbons (Fsp3) is 1.00. The molecule has 0 bridgehead atoms. The Hall–Kier alpha value is -0.0400. The van der Waals surface area contributed by atoms with E-state index in [0.717, 1.165) is 29.6 Å².